The highest BCUT2D eigenvalue weighted by Crippen LogP contribution is 2.38. The molecule has 0 spiro atoms. The number of carbonyl (C=O) groups is 1. The van der Waals surface area contributed by atoms with Gasteiger partial charge in [0, 0.05) is 35.7 Å². The summed E-state index contributed by atoms with van der Waals surface area (Å²) in [5.74, 6) is -0.101. The Morgan fingerprint density at radius 2 is 1.83 bits per heavy atom. The van der Waals surface area contributed by atoms with Crippen molar-refractivity contribution in [2.75, 3.05) is 0 Å². The first kappa shape index (κ1) is 25.2. The lowest BCUT2D eigenvalue weighted by Gasteiger charge is -2.26. The van der Waals surface area contributed by atoms with Gasteiger partial charge < -0.3 is 4.57 Å². The van der Waals surface area contributed by atoms with Crippen LogP contribution in [0.2, 0.25) is 0 Å². The molecular formula is C29H39FN4O. The summed E-state index contributed by atoms with van der Waals surface area (Å²) in [4.78, 5) is 12.4. The number of aromatic nitrogens is 3. The summed E-state index contributed by atoms with van der Waals surface area (Å²) >= 11 is 0. The Balaban J connectivity index is 1.86. The van der Waals surface area contributed by atoms with Gasteiger partial charge in [0.05, 0.1) is 11.3 Å². The van der Waals surface area contributed by atoms with Crippen molar-refractivity contribution in [1.29, 1.82) is 0 Å². The van der Waals surface area contributed by atoms with Gasteiger partial charge in [-0.05, 0) is 74.3 Å². The van der Waals surface area contributed by atoms with E-state index in [-0.39, 0.29) is 11.5 Å². The maximum Gasteiger partial charge on any atom is 0.280 e. The van der Waals surface area contributed by atoms with Crippen molar-refractivity contribution in [3.63, 3.8) is 0 Å². The highest BCUT2D eigenvalue weighted by atomic mass is 19.2. The van der Waals surface area contributed by atoms with Crippen LogP contribution in [-0.4, -0.2) is 20.3 Å². The van der Waals surface area contributed by atoms with Crippen LogP contribution in [0.15, 0.2) is 36.5 Å². The van der Waals surface area contributed by atoms with Crippen molar-refractivity contribution in [2.45, 2.75) is 91.6 Å². The van der Waals surface area contributed by atoms with Crippen molar-refractivity contribution in [3.05, 3.63) is 53.3 Å². The summed E-state index contributed by atoms with van der Waals surface area (Å²) in [6.07, 6.45) is 8.07. The number of hydrogen-bond acceptors (Lipinski definition) is 2. The van der Waals surface area contributed by atoms with Crippen LogP contribution in [0.3, 0.4) is 0 Å². The molecule has 4 rings (SSSR count). The van der Waals surface area contributed by atoms with Gasteiger partial charge >= 0.3 is 0 Å². The van der Waals surface area contributed by atoms with Gasteiger partial charge in [-0.25, -0.2) is 0 Å². The van der Waals surface area contributed by atoms with Gasteiger partial charge in [-0.3, -0.25) is 9.48 Å². The molecule has 1 N–H and O–H groups in total. The van der Waals surface area contributed by atoms with Crippen LogP contribution >= 0.6 is 0 Å². The molecule has 1 fully saturated rings. The fraction of sp³-hybridized carbons (Fsp3) is 0.517. The highest BCUT2D eigenvalue weighted by Gasteiger charge is 2.25. The van der Waals surface area contributed by atoms with Gasteiger partial charge in [0.25, 0.3) is 5.91 Å². The second-order valence-corrected chi connectivity index (χ2v) is 11.3. The molecule has 0 aliphatic heterocycles. The van der Waals surface area contributed by atoms with Gasteiger partial charge in [0.1, 0.15) is 0 Å². The molecule has 0 saturated heterocycles. The van der Waals surface area contributed by atoms with Crippen LogP contribution in [0.4, 0.5) is 4.48 Å². The molecule has 3 aromatic rings. The second-order valence-electron chi connectivity index (χ2n) is 11.3. The summed E-state index contributed by atoms with van der Waals surface area (Å²) in [5.41, 5.74) is 7.95. The molecule has 1 saturated carbocycles. The molecule has 1 aliphatic rings. The first-order valence-corrected chi connectivity index (χ1v) is 12.9. The quantitative estimate of drug-likeness (QED) is 0.375. The van der Waals surface area contributed by atoms with Crippen molar-refractivity contribution >= 4 is 5.91 Å². The topological polar surface area (TPSA) is 51.9 Å². The molecule has 1 aromatic carbocycles. The third kappa shape index (κ3) is 5.07. The number of nitrogens with one attached hydrogen (secondary N) is 1. The summed E-state index contributed by atoms with van der Waals surface area (Å²) in [6.45, 7) is 13.7. The van der Waals surface area contributed by atoms with Gasteiger partial charge in [-0.1, -0.05) is 56.6 Å². The number of halogens is 1. The van der Waals surface area contributed by atoms with E-state index >= 15 is 0 Å². The van der Waals surface area contributed by atoms with E-state index in [9.17, 15) is 9.28 Å². The normalized spacial score (nSPS) is 15.1. The molecule has 1 amide bonds. The Hall–Kier alpha value is -2.89. The van der Waals surface area contributed by atoms with E-state index in [2.05, 4.69) is 73.2 Å². The molecule has 188 valence electrons. The average Bonchev–Trinajstić information content (AvgIpc) is 3.44. The third-order valence-corrected chi connectivity index (χ3v) is 7.42. The predicted octanol–water partition coefficient (Wildman–Crippen LogP) is 7.40. The Kier molecular flexibility index (Phi) is 7.20. The standard InChI is InChI=1S/C29H39FN4O/c1-19(2)34-26(14-15-31-34)23-13-12-22(16-25(23)29(4,5)6)27-17-24(28(35)32-30)20(3)33(27)18-21-10-8-7-9-11-21/h12-17,19,21H,7-11,18H2,1-6H3,(H,32,35). The van der Waals surface area contributed by atoms with Gasteiger partial charge in [0.15, 0.2) is 0 Å². The van der Waals surface area contributed by atoms with Gasteiger partial charge in [-0.15, -0.1) is 0 Å². The monoisotopic (exact) mass is 478 g/mol. The number of carbonyl (C=O) groups excluding carboxylic acids is 1. The highest BCUT2D eigenvalue weighted by molar-refractivity contribution is 5.96. The van der Waals surface area contributed by atoms with Crippen LogP contribution in [0.5, 0.6) is 0 Å². The maximum atomic E-state index is 13.2. The van der Waals surface area contributed by atoms with Crippen LogP contribution in [0.1, 0.15) is 94.4 Å². The third-order valence-electron chi connectivity index (χ3n) is 7.42. The van der Waals surface area contributed by atoms with Crippen molar-refractivity contribution in [1.82, 2.24) is 19.9 Å². The molecule has 0 radical (unpaired) electrons. The lowest BCUT2D eigenvalue weighted by Crippen LogP contribution is -2.18. The van der Waals surface area contributed by atoms with Crippen molar-refractivity contribution in [3.8, 4) is 22.5 Å². The fourth-order valence-electron chi connectivity index (χ4n) is 5.51. The zero-order valence-electron chi connectivity index (χ0n) is 22.0. The van der Waals surface area contributed by atoms with Crippen LogP contribution in [-0.2, 0) is 12.0 Å². The van der Waals surface area contributed by atoms with E-state index in [0.717, 1.165) is 34.8 Å². The number of hydrogen-bond donors (Lipinski definition) is 1. The predicted molar refractivity (Wildman–Crippen MR) is 140 cm³/mol. The summed E-state index contributed by atoms with van der Waals surface area (Å²) in [5, 5.41) is 4.55. The minimum Gasteiger partial charge on any atom is -0.344 e. The second kappa shape index (κ2) is 10.00. The summed E-state index contributed by atoms with van der Waals surface area (Å²) in [7, 11) is 0. The first-order chi connectivity index (χ1) is 16.6. The van der Waals surface area contributed by atoms with Crippen LogP contribution in [0, 0.1) is 12.8 Å². The number of benzene rings is 1. The number of nitrogens with zero attached hydrogens (tertiary/aromatic N) is 3. The molecule has 5 nitrogen and oxygen atoms in total. The zero-order valence-corrected chi connectivity index (χ0v) is 22.0. The molecule has 35 heavy (non-hydrogen) atoms. The van der Waals surface area contributed by atoms with E-state index in [4.69, 9.17) is 0 Å². The van der Waals surface area contributed by atoms with Crippen LogP contribution < -0.4 is 5.54 Å². The Morgan fingerprint density at radius 3 is 2.46 bits per heavy atom. The number of rotatable bonds is 6. The summed E-state index contributed by atoms with van der Waals surface area (Å²) < 4.78 is 17.5. The smallest absolute Gasteiger partial charge is 0.280 e. The molecule has 2 aromatic heterocycles. The molecule has 2 heterocycles. The molecule has 0 unspecified atom stereocenters. The van der Waals surface area contributed by atoms with E-state index in [0.29, 0.717) is 11.5 Å². The maximum absolute atomic E-state index is 13.2. The van der Waals surface area contributed by atoms with Crippen LogP contribution in [0.25, 0.3) is 22.5 Å². The number of amides is 1. The SMILES string of the molecule is Cc1c(C(=O)NF)cc(-c2ccc(-c3ccnn3C(C)C)c(C(C)(C)C)c2)n1CC1CCCCC1. The van der Waals surface area contributed by atoms with E-state index < -0.39 is 5.91 Å². The molecule has 1 aliphatic carbocycles. The molecule has 0 atom stereocenters. The minimum absolute atomic E-state index is 0.105. The molecular weight excluding hydrogens is 439 g/mol. The average molecular weight is 479 g/mol. The zero-order chi connectivity index (χ0) is 25.3. The summed E-state index contributed by atoms with van der Waals surface area (Å²) in [6, 6.07) is 10.7. The van der Waals surface area contributed by atoms with E-state index in [1.54, 1.807) is 0 Å². The largest absolute Gasteiger partial charge is 0.344 e. The van der Waals surface area contributed by atoms with Gasteiger partial charge in [0.2, 0.25) is 0 Å². The fourth-order valence-corrected chi connectivity index (χ4v) is 5.51. The molecule has 0 bridgehead atoms. The Morgan fingerprint density at radius 1 is 1.11 bits per heavy atom. The Bertz CT molecular complexity index is 1190. The van der Waals surface area contributed by atoms with Gasteiger partial charge in [-0.2, -0.15) is 10.6 Å². The Labute approximate surface area is 208 Å². The lowest BCUT2D eigenvalue weighted by atomic mass is 9.81. The lowest BCUT2D eigenvalue weighted by molar-refractivity contribution is 0.0858. The van der Waals surface area contributed by atoms with Crippen molar-refractivity contribution < 1.29 is 9.28 Å². The van der Waals surface area contributed by atoms with Crippen molar-refractivity contribution in [2.24, 2.45) is 5.92 Å². The van der Waals surface area contributed by atoms with E-state index in [1.807, 2.05) is 19.2 Å². The molecule has 6 heteroatoms. The van der Waals surface area contributed by atoms with E-state index in [1.165, 1.54) is 43.2 Å². The minimum atomic E-state index is -0.681. The first-order valence-electron chi connectivity index (χ1n) is 12.9.